The van der Waals surface area contributed by atoms with Gasteiger partial charge < -0.3 is 10.2 Å². The number of hydrogen-bond acceptors (Lipinski definition) is 2. The number of carboxylic acid groups (broad SMARTS) is 2. The van der Waals surface area contributed by atoms with Crippen molar-refractivity contribution >= 4 is 11.9 Å². The molecule has 0 aliphatic rings. The number of hydrogen-bond donors (Lipinski definition) is 2. The fourth-order valence-corrected chi connectivity index (χ4v) is 2.32. The molecule has 0 aromatic carbocycles. The van der Waals surface area contributed by atoms with E-state index in [9.17, 15) is 9.59 Å². The molecule has 0 amide bonds. The number of aliphatic carboxylic acids is 2. The average molecular weight is 532 g/mol. The van der Waals surface area contributed by atoms with Crippen molar-refractivity contribution < 1.29 is 64.6 Å². The minimum atomic E-state index is -0.663. The van der Waals surface area contributed by atoms with Crippen LogP contribution in [0, 0.1) is 5.92 Å². The van der Waals surface area contributed by atoms with Gasteiger partial charge in [0, 0.05) is 51.2 Å². The molecule has 0 atom stereocenters. The van der Waals surface area contributed by atoms with E-state index in [-0.39, 0.29) is 50.7 Å². The summed E-state index contributed by atoms with van der Waals surface area (Å²) < 4.78 is 0. The molecule has 0 aromatic heterocycles. The predicted octanol–water partition coefficient (Wildman–Crippen LogP) is 5.49. The third kappa shape index (κ3) is 27.3. The zero-order chi connectivity index (χ0) is 17.2. The van der Waals surface area contributed by atoms with Gasteiger partial charge in [-0.1, -0.05) is 72.1 Å². The Morgan fingerprint density at radius 1 is 0.708 bits per heavy atom. The second-order valence-corrected chi connectivity index (χ2v) is 5.88. The van der Waals surface area contributed by atoms with Crippen molar-refractivity contribution in [2.75, 3.05) is 0 Å². The minimum Gasteiger partial charge on any atom is -0.481 e. The van der Waals surface area contributed by atoms with Crippen LogP contribution in [-0.4, -0.2) is 22.2 Å². The first-order chi connectivity index (χ1) is 10.5. The van der Waals surface area contributed by atoms with Gasteiger partial charge >= 0.3 is 11.9 Å². The normalized spacial score (nSPS) is 9.33. The molecule has 2 radical (unpaired) electrons. The topological polar surface area (TPSA) is 74.6 Å². The van der Waals surface area contributed by atoms with Crippen LogP contribution in [-0.2, 0) is 54.3 Å². The van der Waals surface area contributed by atoms with Crippen LogP contribution in [0.1, 0.15) is 97.8 Å². The Kier molecular flexibility index (Phi) is 34.3. The zero-order valence-corrected chi connectivity index (χ0v) is 18.3. The molecule has 0 aliphatic carbocycles. The molecular weight excluding hydrogens is 496 g/mol. The van der Waals surface area contributed by atoms with Gasteiger partial charge in [-0.15, -0.1) is 0 Å². The van der Waals surface area contributed by atoms with Gasteiger partial charge in [-0.25, -0.2) is 0 Å². The standard InChI is InChI=1S/C10H20O2.C8H16O2.2Ag/c1-2-3-4-5-6-7-8-9-10(11)12;1-3-5-7(6-4-2)8(9)10;;/h2-9H2,1H3,(H,11,12);7H,3-6H2,1-2H3,(H,9,10);;. The van der Waals surface area contributed by atoms with E-state index in [2.05, 4.69) is 6.92 Å². The maximum Gasteiger partial charge on any atom is 0.306 e. The molecule has 0 spiro atoms. The van der Waals surface area contributed by atoms with Crippen molar-refractivity contribution in [2.24, 2.45) is 5.92 Å². The number of carbonyl (C=O) groups is 2. The molecule has 0 aliphatic heterocycles. The van der Waals surface area contributed by atoms with Crippen LogP contribution in [0.25, 0.3) is 0 Å². The SMILES string of the molecule is CCCC(CCC)C(=O)O.CCCCCCCCCC(=O)O.[Ag].[Ag]. The van der Waals surface area contributed by atoms with Crippen LogP contribution >= 0.6 is 0 Å². The molecule has 6 heteroatoms. The molecule has 0 bridgehead atoms. The Morgan fingerprint density at radius 2 is 1.12 bits per heavy atom. The van der Waals surface area contributed by atoms with E-state index in [1.807, 2.05) is 13.8 Å². The van der Waals surface area contributed by atoms with E-state index in [1.165, 1.54) is 32.1 Å². The fraction of sp³-hybridized carbons (Fsp3) is 0.889. The summed E-state index contributed by atoms with van der Waals surface area (Å²) in [5, 5.41) is 17.0. The van der Waals surface area contributed by atoms with E-state index in [0.29, 0.717) is 6.42 Å². The molecule has 154 valence electrons. The van der Waals surface area contributed by atoms with Gasteiger partial charge in [0.1, 0.15) is 0 Å². The first-order valence-electron chi connectivity index (χ1n) is 8.94. The largest absolute Gasteiger partial charge is 0.481 e. The van der Waals surface area contributed by atoms with Crippen LogP contribution in [0.5, 0.6) is 0 Å². The van der Waals surface area contributed by atoms with Crippen molar-refractivity contribution in [3.8, 4) is 0 Å². The molecule has 0 unspecified atom stereocenters. The number of unbranched alkanes of at least 4 members (excludes halogenated alkanes) is 6. The van der Waals surface area contributed by atoms with Crippen LogP contribution in [0.4, 0.5) is 0 Å². The van der Waals surface area contributed by atoms with E-state index in [1.54, 1.807) is 0 Å². The third-order valence-electron chi connectivity index (χ3n) is 3.62. The maximum atomic E-state index is 10.5. The smallest absolute Gasteiger partial charge is 0.306 e. The van der Waals surface area contributed by atoms with Crippen LogP contribution in [0.2, 0.25) is 0 Å². The summed E-state index contributed by atoms with van der Waals surface area (Å²) in [6.45, 7) is 6.24. The van der Waals surface area contributed by atoms with E-state index >= 15 is 0 Å². The van der Waals surface area contributed by atoms with Crippen molar-refractivity contribution in [3.63, 3.8) is 0 Å². The molecular formula is C18H36Ag2O4. The molecule has 0 heterocycles. The zero-order valence-electron chi connectivity index (χ0n) is 15.4. The molecule has 0 saturated heterocycles. The molecule has 0 fully saturated rings. The quantitative estimate of drug-likeness (QED) is 0.243. The number of carboxylic acids is 2. The minimum absolute atomic E-state index is 0. The summed E-state index contributed by atoms with van der Waals surface area (Å²) >= 11 is 0. The summed E-state index contributed by atoms with van der Waals surface area (Å²) in [7, 11) is 0. The van der Waals surface area contributed by atoms with Crippen molar-refractivity contribution in [1.29, 1.82) is 0 Å². The van der Waals surface area contributed by atoms with Crippen molar-refractivity contribution in [2.45, 2.75) is 97.8 Å². The molecule has 4 nitrogen and oxygen atoms in total. The monoisotopic (exact) mass is 530 g/mol. The molecule has 0 rings (SSSR count). The second kappa shape index (κ2) is 25.7. The van der Waals surface area contributed by atoms with Crippen molar-refractivity contribution in [1.82, 2.24) is 0 Å². The van der Waals surface area contributed by atoms with Gasteiger partial charge in [-0.2, -0.15) is 0 Å². The van der Waals surface area contributed by atoms with Crippen LogP contribution in [0.3, 0.4) is 0 Å². The summed E-state index contributed by atoms with van der Waals surface area (Å²) in [6, 6.07) is 0. The van der Waals surface area contributed by atoms with Gasteiger partial charge in [-0.3, -0.25) is 9.59 Å². The first-order valence-corrected chi connectivity index (χ1v) is 8.94. The first kappa shape index (κ1) is 32.1. The fourth-order valence-electron chi connectivity index (χ4n) is 2.32. The Morgan fingerprint density at radius 3 is 1.46 bits per heavy atom. The van der Waals surface area contributed by atoms with Crippen LogP contribution in [0.15, 0.2) is 0 Å². The van der Waals surface area contributed by atoms with Gasteiger partial charge in [0.2, 0.25) is 0 Å². The van der Waals surface area contributed by atoms with E-state index in [4.69, 9.17) is 10.2 Å². The molecule has 24 heavy (non-hydrogen) atoms. The average Bonchev–Trinajstić information content (AvgIpc) is 2.46. The summed E-state index contributed by atoms with van der Waals surface area (Å²) in [5.41, 5.74) is 0. The van der Waals surface area contributed by atoms with Gasteiger partial charge in [0.05, 0.1) is 5.92 Å². The molecule has 0 aromatic rings. The maximum absolute atomic E-state index is 10.5. The Labute approximate surface area is 179 Å². The van der Waals surface area contributed by atoms with Crippen LogP contribution < -0.4 is 0 Å². The van der Waals surface area contributed by atoms with Gasteiger partial charge in [0.15, 0.2) is 0 Å². The molecule has 0 saturated carbocycles. The second-order valence-electron chi connectivity index (χ2n) is 5.88. The summed E-state index contributed by atoms with van der Waals surface area (Å²) in [4.78, 5) is 20.6. The van der Waals surface area contributed by atoms with E-state index in [0.717, 1.165) is 38.5 Å². The molecule has 2 N–H and O–H groups in total. The Hall–Kier alpha value is 0.421. The van der Waals surface area contributed by atoms with E-state index < -0.39 is 11.9 Å². The third-order valence-corrected chi connectivity index (χ3v) is 3.62. The van der Waals surface area contributed by atoms with Gasteiger partial charge in [0.25, 0.3) is 0 Å². The Balaban J connectivity index is -0.000000156. The summed E-state index contributed by atoms with van der Waals surface area (Å²) in [5.74, 6) is -1.40. The van der Waals surface area contributed by atoms with Crippen molar-refractivity contribution in [3.05, 3.63) is 0 Å². The Bertz CT molecular complexity index is 268. The summed E-state index contributed by atoms with van der Waals surface area (Å²) in [6.07, 6.45) is 12.2. The number of rotatable bonds is 13. The predicted molar refractivity (Wildman–Crippen MR) is 91.2 cm³/mol. The van der Waals surface area contributed by atoms with Gasteiger partial charge in [-0.05, 0) is 19.3 Å².